The zero-order valence-corrected chi connectivity index (χ0v) is 17.5. The number of ether oxygens (including phenoxy) is 1. The molecule has 0 radical (unpaired) electrons. The summed E-state index contributed by atoms with van der Waals surface area (Å²) in [7, 11) is 0. The number of aryl methyl sites for hydroxylation is 3. The van der Waals surface area contributed by atoms with Gasteiger partial charge in [-0.05, 0) is 55.0 Å². The second-order valence-corrected chi connectivity index (χ2v) is 8.25. The molecule has 4 nitrogen and oxygen atoms in total. The van der Waals surface area contributed by atoms with Gasteiger partial charge in [0.1, 0.15) is 0 Å². The van der Waals surface area contributed by atoms with Crippen LogP contribution in [0.25, 0.3) is 5.69 Å². The summed E-state index contributed by atoms with van der Waals surface area (Å²) in [6.07, 6.45) is 0.767. The maximum absolute atomic E-state index is 12.7. The van der Waals surface area contributed by atoms with Crippen molar-refractivity contribution in [3.05, 3.63) is 76.5 Å². The van der Waals surface area contributed by atoms with Crippen LogP contribution in [-0.4, -0.2) is 15.7 Å². The molecule has 0 N–H and O–H groups in total. The Morgan fingerprint density at radius 1 is 1.04 bits per heavy atom. The lowest BCUT2D eigenvalue weighted by atomic mass is 9.87. The van der Waals surface area contributed by atoms with Gasteiger partial charge in [0, 0.05) is 6.07 Å². The number of aromatic nitrogens is 2. The van der Waals surface area contributed by atoms with Gasteiger partial charge < -0.3 is 4.74 Å². The van der Waals surface area contributed by atoms with E-state index in [1.807, 2.05) is 56.3 Å². The third-order valence-corrected chi connectivity index (χ3v) is 4.85. The lowest BCUT2D eigenvalue weighted by Gasteiger charge is -2.19. The molecular weight excluding hydrogens is 348 g/mol. The molecule has 0 fully saturated rings. The fraction of sp³-hybridized carbons (Fsp3) is 0.333. The Hall–Kier alpha value is -2.88. The highest BCUT2D eigenvalue weighted by Crippen LogP contribution is 2.25. The molecule has 0 saturated heterocycles. The van der Waals surface area contributed by atoms with Crippen molar-refractivity contribution in [2.75, 3.05) is 0 Å². The summed E-state index contributed by atoms with van der Waals surface area (Å²) in [5, 5.41) is 4.62. The minimum atomic E-state index is -0.381. The highest BCUT2D eigenvalue weighted by atomic mass is 16.5. The SMILES string of the molecule is CCc1cc(OC(=O)c2ccc(C(C)(C)C)cc2)n(-c2ccc(C)cc2C)n1. The van der Waals surface area contributed by atoms with Crippen LogP contribution in [0.3, 0.4) is 0 Å². The van der Waals surface area contributed by atoms with Crippen LogP contribution < -0.4 is 4.74 Å². The van der Waals surface area contributed by atoms with Gasteiger partial charge >= 0.3 is 5.97 Å². The third-order valence-electron chi connectivity index (χ3n) is 4.85. The van der Waals surface area contributed by atoms with Crippen molar-refractivity contribution >= 4 is 5.97 Å². The quantitative estimate of drug-likeness (QED) is 0.559. The summed E-state index contributed by atoms with van der Waals surface area (Å²) in [5.41, 5.74) is 5.80. The second kappa shape index (κ2) is 7.63. The Bertz CT molecular complexity index is 992. The van der Waals surface area contributed by atoms with Crippen LogP contribution in [0.1, 0.15) is 60.4 Å². The summed E-state index contributed by atoms with van der Waals surface area (Å²) in [6, 6.07) is 15.6. The molecule has 4 heteroatoms. The monoisotopic (exact) mass is 376 g/mol. The van der Waals surface area contributed by atoms with E-state index in [-0.39, 0.29) is 11.4 Å². The molecule has 0 saturated carbocycles. The number of hydrogen-bond donors (Lipinski definition) is 0. The maximum Gasteiger partial charge on any atom is 0.344 e. The molecule has 1 heterocycles. The molecule has 2 aromatic carbocycles. The molecule has 1 aromatic heterocycles. The Kier molecular flexibility index (Phi) is 5.41. The van der Waals surface area contributed by atoms with Crippen LogP contribution in [0.4, 0.5) is 0 Å². The molecule has 0 unspecified atom stereocenters. The number of benzene rings is 2. The minimum Gasteiger partial charge on any atom is -0.404 e. The first-order valence-corrected chi connectivity index (χ1v) is 9.68. The Labute approximate surface area is 167 Å². The highest BCUT2D eigenvalue weighted by molar-refractivity contribution is 5.91. The lowest BCUT2D eigenvalue weighted by Crippen LogP contribution is -2.14. The van der Waals surface area contributed by atoms with E-state index in [0.717, 1.165) is 23.4 Å². The van der Waals surface area contributed by atoms with Gasteiger partial charge in [-0.25, -0.2) is 9.48 Å². The van der Waals surface area contributed by atoms with E-state index in [4.69, 9.17) is 4.74 Å². The summed E-state index contributed by atoms with van der Waals surface area (Å²) in [6.45, 7) is 12.6. The second-order valence-electron chi connectivity index (χ2n) is 8.25. The van der Waals surface area contributed by atoms with Gasteiger partial charge in [0.25, 0.3) is 0 Å². The van der Waals surface area contributed by atoms with Crippen molar-refractivity contribution in [2.45, 2.75) is 53.4 Å². The predicted octanol–water partition coefficient (Wildman–Crippen LogP) is 5.57. The van der Waals surface area contributed by atoms with Crippen LogP contribution in [0.15, 0.2) is 48.5 Å². The summed E-state index contributed by atoms with van der Waals surface area (Å²) < 4.78 is 7.46. The topological polar surface area (TPSA) is 44.1 Å². The van der Waals surface area contributed by atoms with Gasteiger partial charge in [0.05, 0.1) is 16.9 Å². The Balaban J connectivity index is 1.91. The molecule has 28 heavy (non-hydrogen) atoms. The predicted molar refractivity (Wildman–Crippen MR) is 113 cm³/mol. The number of rotatable bonds is 4. The lowest BCUT2D eigenvalue weighted by molar-refractivity contribution is 0.0723. The van der Waals surface area contributed by atoms with Crippen LogP contribution >= 0.6 is 0 Å². The normalized spacial score (nSPS) is 11.5. The van der Waals surface area contributed by atoms with Crippen LogP contribution in [0, 0.1) is 13.8 Å². The van der Waals surface area contributed by atoms with Crippen LogP contribution in [0.2, 0.25) is 0 Å². The van der Waals surface area contributed by atoms with E-state index < -0.39 is 0 Å². The van der Waals surface area contributed by atoms with Crippen molar-refractivity contribution in [3.63, 3.8) is 0 Å². The Morgan fingerprint density at radius 2 is 1.71 bits per heavy atom. The largest absolute Gasteiger partial charge is 0.404 e. The van der Waals surface area contributed by atoms with E-state index >= 15 is 0 Å². The molecule has 0 bridgehead atoms. The molecule has 0 aliphatic heterocycles. The van der Waals surface area contributed by atoms with Crippen molar-refractivity contribution in [2.24, 2.45) is 0 Å². The molecule has 0 atom stereocenters. The average Bonchev–Trinajstić information content (AvgIpc) is 3.03. The minimum absolute atomic E-state index is 0.0417. The van der Waals surface area contributed by atoms with E-state index in [1.54, 1.807) is 4.68 Å². The molecule has 146 valence electrons. The smallest absolute Gasteiger partial charge is 0.344 e. The molecule has 0 spiro atoms. The van der Waals surface area contributed by atoms with E-state index in [1.165, 1.54) is 11.1 Å². The van der Waals surface area contributed by atoms with Gasteiger partial charge in [-0.15, -0.1) is 0 Å². The van der Waals surface area contributed by atoms with Gasteiger partial charge in [-0.3, -0.25) is 0 Å². The maximum atomic E-state index is 12.7. The number of carbonyl (C=O) groups is 1. The van der Waals surface area contributed by atoms with Gasteiger partial charge in [0.15, 0.2) is 0 Å². The Morgan fingerprint density at radius 3 is 2.29 bits per heavy atom. The van der Waals surface area contributed by atoms with Crippen molar-refractivity contribution in [1.29, 1.82) is 0 Å². The van der Waals surface area contributed by atoms with Gasteiger partial charge in [-0.2, -0.15) is 5.10 Å². The van der Waals surface area contributed by atoms with Gasteiger partial charge in [0.2, 0.25) is 5.88 Å². The fourth-order valence-electron chi connectivity index (χ4n) is 3.13. The summed E-state index contributed by atoms with van der Waals surface area (Å²) in [5.74, 6) is 0.0581. The number of nitrogens with zero attached hydrogens (tertiary/aromatic N) is 2. The standard InChI is InChI=1S/C24H28N2O2/c1-7-20-15-22(26(25-20)21-13-8-16(2)14-17(21)3)28-23(27)18-9-11-19(12-10-18)24(4,5)6/h8-15H,7H2,1-6H3. The number of hydrogen-bond acceptors (Lipinski definition) is 3. The first kappa shape index (κ1) is 19.9. The zero-order valence-electron chi connectivity index (χ0n) is 17.5. The van der Waals surface area contributed by atoms with E-state index in [9.17, 15) is 4.79 Å². The van der Waals surface area contributed by atoms with Crippen LogP contribution in [0.5, 0.6) is 5.88 Å². The summed E-state index contributed by atoms with van der Waals surface area (Å²) >= 11 is 0. The first-order chi connectivity index (χ1) is 13.2. The van der Waals surface area contributed by atoms with Crippen molar-refractivity contribution < 1.29 is 9.53 Å². The number of carbonyl (C=O) groups excluding carboxylic acids is 1. The third kappa shape index (κ3) is 4.16. The molecule has 0 aliphatic rings. The fourth-order valence-corrected chi connectivity index (χ4v) is 3.13. The molecule has 0 amide bonds. The first-order valence-electron chi connectivity index (χ1n) is 9.68. The highest BCUT2D eigenvalue weighted by Gasteiger charge is 2.18. The van der Waals surface area contributed by atoms with E-state index in [0.29, 0.717) is 11.4 Å². The zero-order chi connectivity index (χ0) is 20.5. The molecule has 3 aromatic rings. The van der Waals surface area contributed by atoms with Crippen molar-refractivity contribution in [1.82, 2.24) is 9.78 Å². The number of esters is 1. The van der Waals surface area contributed by atoms with Gasteiger partial charge in [-0.1, -0.05) is 57.5 Å². The van der Waals surface area contributed by atoms with Crippen molar-refractivity contribution in [3.8, 4) is 11.6 Å². The average molecular weight is 377 g/mol. The molecular formula is C24H28N2O2. The van der Waals surface area contributed by atoms with Crippen LogP contribution in [-0.2, 0) is 11.8 Å². The molecule has 0 aliphatic carbocycles. The molecule has 3 rings (SSSR count). The van der Waals surface area contributed by atoms with E-state index in [2.05, 4.69) is 38.9 Å². The summed E-state index contributed by atoms with van der Waals surface area (Å²) in [4.78, 5) is 12.7.